The Kier molecular flexibility index (Phi) is 4.96. The summed E-state index contributed by atoms with van der Waals surface area (Å²) >= 11 is 0. The van der Waals surface area contributed by atoms with E-state index in [0.717, 1.165) is 22.7 Å². The molecule has 3 aromatic rings. The van der Waals surface area contributed by atoms with Crippen LogP contribution in [0.5, 0.6) is 11.5 Å². The van der Waals surface area contributed by atoms with Crippen LogP contribution in [0.4, 0.5) is 5.69 Å². The minimum absolute atomic E-state index is 0.424. The Morgan fingerprint density at radius 2 is 1.88 bits per heavy atom. The molecule has 1 heterocycles. The van der Waals surface area contributed by atoms with Crippen LogP contribution in [0, 0.1) is 0 Å². The van der Waals surface area contributed by atoms with Gasteiger partial charge >= 0.3 is 0 Å². The first-order valence-electron chi connectivity index (χ1n) is 7.73. The summed E-state index contributed by atoms with van der Waals surface area (Å²) in [6.07, 6.45) is 0. The number of anilines is 1. The lowest BCUT2D eigenvalue weighted by atomic mass is 10.2. The van der Waals surface area contributed by atoms with Gasteiger partial charge in [0.1, 0.15) is 11.5 Å². The van der Waals surface area contributed by atoms with Crippen molar-refractivity contribution in [3.63, 3.8) is 0 Å². The van der Waals surface area contributed by atoms with E-state index in [-0.39, 0.29) is 0 Å². The molecule has 1 aromatic heterocycles. The van der Waals surface area contributed by atoms with Crippen LogP contribution in [-0.4, -0.2) is 23.9 Å². The van der Waals surface area contributed by atoms with Gasteiger partial charge in [0.2, 0.25) is 11.7 Å². The molecule has 0 aliphatic carbocycles. The molecule has 0 spiro atoms. The Balaban J connectivity index is 1.68. The van der Waals surface area contributed by atoms with Gasteiger partial charge in [0.05, 0.1) is 25.9 Å². The van der Waals surface area contributed by atoms with Gasteiger partial charge in [-0.15, -0.1) is 0 Å². The molecule has 0 fully saturated rings. The fraction of sp³-hybridized carbons (Fsp3) is 0.222. The molecule has 0 aliphatic rings. The number of ether oxygens (including phenoxy) is 2. The quantitative estimate of drug-likeness (QED) is 0.713. The van der Waals surface area contributed by atoms with E-state index in [9.17, 15) is 0 Å². The maximum atomic E-state index is 5.58. The molecule has 0 bridgehead atoms. The second-order valence-corrected chi connectivity index (χ2v) is 5.02. The maximum absolute atomic E-state index is 5.58. The maximum Gasteiger partial charge on any atom is 0.246 e. The van der Waals surface area contributed by atoms with Gasteiger partial charge in [-0.2, -0.15) is 4.98 Å². The van der Waals surface area contributed by atoms with Crippen molar-refractivity contribution < 1.29 is 14.0 Å². The van der Waals surface area contributed by atoms with E-state index in [1.807, 2.05) is 55.5 Å². The van der Waals surface area contributed by atoms with Crippen molar-refractivity contribution in [2.75, 3.05) is 19.0 Å². The Labute approximate surface area is 140 Å². The zero-order valence-electron chi connectivity index (χ0n) is 13.7. The van der Waals surface area contributed by atoms with Gasteiger partial charge in [-0.25, -0.2) is 0 Å². The summed E-state index contributed by atoms with van der Waals surface area (Å²) in [5.74, 6) is 2.64. The van der Waals surface area contributed by atoms with Crippen molar-refractivity contribution in [3.05, 3.63) is 54.4 Å². The van der Waals surface area contributed by atoms with Crippen LogP contribution >= 0.6 is 0 Å². The van der Waals surface area contributed by atoms with Crippen molar-refractivity contribution >= 4 is 5.69 Å². The van der Waals surface area contributed by atoms with E-state index in [0.29, 0.717) is 24.9 Å². The first-order chi connectivity index (χ1) is 11.8. The van der Waals surface area contributed by atoms with Gasteiger partial charge in [-0.3, -0.25) is 0 Å². The zero-order valence-corrected chi connectivity index (χ0v) is 13.7. The molecule has 6 nitrogen and oxygen atoms in total. The number of rotatable bonds is 7. The van der Waals surface area contributed by atoms with E-state index >= 15 is 0 Å². The molecule has 0 unspecified atom stereocenters. The van der Waals surface area contributed by atoms with Crippen LogP contribution in [0.25, 0.3) is 11.4 Å². The van der Waals surface area contributed by atoms with Crippen molar-refractivity contribution in [1.29, 1.82) is 0 Å². The average molecular weight is 325 g/mol. The highest BCUT2D eigenvalue weighted by molar-refractivity contribution is 5.57. The predicted molar refractivity (Wildman–Crippen MR) is 91.2 cm³/mol. The number of nitrogens with one attached hydrogen (secondary N) is 1. The molecule has 1 N–H and O–H groups in total. The molecule has 0 atom stereocenters. The van der Waals surface area contributed by atoms with Gasteiger partial charge in [-0.1, -0.05) is 17.3 Å². The van der Waals surface area contributed by atoms with Crippen molar-refractivity contribution in [1.82, 2.24) is 10.1 Å². The smallest absolute Gasteiger partial charge is 0.246 e. The van der Waals surface area contributed by atoms with Crippen LogP contribution in [0.1, 0.15) is 12.8 Å². The van der Waals surface area contributed by atoms with Gasteiger partial charge < -0.3 is 19.3 Å². The predicted octanol–water partition coefficient (Wildman–Crippen LogP) is 3.76. The normalized spacial score (nSPS) is 10.4. The Bertz CT molecular complexity index is 784. The molecule has 24 heavy (non-hydrogen) atoms. The summed E-state index contributed by atoms with van der Waals surface area (Å²) in [6.45, 7) is 2.99. The van der Waals surface area contributed by atoms with Crippen molar-refractivity contribution in [2.45, 2.75) is 13.5 Å². The SMILES string of the molecule is CCOc1ccccc1NCc1nc(-c2ccc(OC)cc2)no1. The van der Waals surface area contributed by atoms with Crippen LogP contribution in [0.15, 0.2) is 53.1 Å². The summed E-state index contributed by atoms with van der Waals surface area (Å²) in [7, 11) is 1.63. The van der Waals surface area contributed by atoms with E-state index in [1.165, 1.54) is 0 Å². The Morgan fingerprint density at radius 3 is 2.62 bits per heavy atom. The standard InChI is InChI=1S/C18H19N3O3/c1-3-23-16-7-5-4-6-15(16)19-12-17-20-18(21-24-17)13-8-10-14(22-2)11-9-13/h4-11,19H,3,12H2,1-2H3. The van der Waals surface area contributed by atoms with E-state index in [4.69, 9.17) is 14.0 Å². The Morgan fingerprint density at radius 1 is 1.08 bits per heavy atom. The first-order valence-corrected chi connectivity index (χ1v) is 7.73. The number of methoxy groups -OCH3 is 1. The number of hydrogen-bond acceptors (Lipinski definition) is 6. The van der Waals surface area contributed by atoms with Crippen LogP contribution in [-0.2, 0) is 6.54 Å². The summed E-state index contributed by atoms with van der Waals surface area (Å²) in [5.41, 5.74) is 1.77. The minimum atomic E-state index is 0.424. The lowest BCUT2D eigenvalue weighted by Gasteiger charge is -2.10. The second kappa shape index (κ2) is 7.50. The molecular formula is C18H19N3O3. The van der Waals surface area contributed by atoms with Crippen molar-refractivity contribution in [3.8, 4) is 22.9 Å². The van der Waals surface area contributed by atoms with Crippen LogP contribution in [0.2, 0.25) is 0 Å². The molecule has 0 saturated heterocycles. The third-order valence-corrected chi connectivity index (χ3v) is 3.43. The second-order valence-electron chi connectivity index (χ2n) is 5.02. The summed E-state index contributed by atoms with van der Waals surface area (Å²) < 4.78 is 16.0. The Hall–Kier alpha value is -3.02. The highest BCUT2D eigenvalue weighted by Gasteiger charge is 2.10. The van der Waals surface area contributed by atoms with Gasteiger partial charge in [0.15, 0.2) is 0 Å². The fourth-order valence-corrected chi connectivity index (χ4v) is 2.25. The average Bonchev–Trinajstić information content (AvgIpc) is 3.10. The topological polar surface area (TPSA) is 69.4 Å². The van der Waals surface area contributed by atoms with E-state index in [2.05, 4.69) is 15.5 Å². The van der Waals surface area contributed by atoms with Crippen LogP contribution in [0.3, 0.4) is 0 Å². The van der Waals surface area contributed by atoms with E-state index in [1.54, 1.807) is 7.11 Å². The molecule has 6 heteroatoms. The molecule has 0 aliphatic heterocycles. The zero-order chi connectivity index (χ0) is 16.8. The van der Waals surface area contributed by atoms with E-state index < -0.39 is 0 Å². The summed E-state index contributed by atoms with van der Waals surface area (Å²) in [5, 5.41) is 7.27. The minimum Gasteiger partial charge on any atom is -0.497 e. The molecule has 0 amide bonds. The van der Waals surface area contributed by atoms with Gasteiger partial charge in [0, 0.05) is 5.56 Å². The number of nitrogens with zero attached hydrogens (tertiary/aromatic N) is 2. The lowest BCUT2D eigenvalue weighted by Crippen LogP contribution is -2.02. The molecule has 124 valence electrons. The third kappa shape index (κ3) is 3.65. The number of hydrogen-bond donors (Lipinski definition) is 1. The summed E-state index contributed by atoms with van der Waals surface area (Å²) in [6, 6.07) is 15.3. The van der Waals surface area contributed by atoms with Gasteiger partial charge in [0.25, 0.3) is 0 Å². The largest absolute Gasteiger partial charge is 0.497 e. The number of benzene rings is 2. The molecule has 0 saturated carbocycles. The van der Waals surface area contributed by atoms with Gasteiger partial charge in [-0.05, 0) is 43.3 Å². The molecule has 0 radical (unpaired) electrons. The molecule has 3 rings (SSSR count). The molecule has 2 aromatic carbocycles. The van der Waals surface area contributed by atoms with Crippen LogP contribution < -0.4 is 14.8 Å². The fourth-order valence-electron chi connectivity index (χ4n) is 2.25. The lowest BCUT2D eigenvalue weighted by molar-refractivity contribution is 0.341. The van der Waals surface area contributed by atoms with Crippen molar-refractivity contribution in [2.24, 2.45) is 0 Å². The highest BCUT2D eigenvalue weighted by atomic mass is 16.5. The highest BCUT2D eigenvalue weighted by Crippen LogP contribution is 2.24. The monoisotopic (exact) mass is 325 g/mol. The number of para-hydroxylation sites is 2. The summed E-state index contributed by atoms with van der Waals surface area (Å²) in [4.78, 5) is 4.40. The molecular weight excluding hydrogens is 306 g/mol. The third-order valence-electron chi connectivity index (χ3n) is 3.43. The first kappa shape index (κ1) is 15.9. The number of aromatic nitrogens is 2.